The van der Waals surface area contributed by atoms with Crippen LogP contribution in [0.5, 0.6) is 5.75 Å². The number of ketones is 1. The van der Waals surface area contributed by atoms with E-state index in [0.29, 0.717) is 5.92 Å². The maximum Gasteiger partial charge on any atom is 0.168 e. The average Bonchev–Trinajstić information content (AvgIpc) is 2.59. The molecule has 1 aliphatic rings. The fourth-order valence-electron chi connectivity index (χ4n) is 2.74. The van der Waals surface area contributed by atoms with Gasteiger partial charge in [0.1, 0.15) is 5.75 Å². The first-order chi connectivity index (χ1) is 11.0. The van der Waals surface area contributed by atoms with Crippen LogP contribution in [0.4, 0.5) is 0 Å². The van der Waals surface area contributed by atoms with E-state index in [1.54, 1.807) is 7.11 Å². The quantitative estimate of drug-likeness (QED) is 0.662. The third kappa shape index (κ3) is 4.93. The van der Waals surface area contributed by atoms with Crippen LogP contribution in [0.2, 0.25) is 0 Å². The van der Waals surface area contributed by atoms with Crippen molar-refractivity contribution in [1.29, 1.82) is 0 Å². The normalized spacial score (nSPS) is 15.6. The number of hydrogen-bond donors (Lipinski definition) is 1. The number of rotatable bonds is 5. The van der Waals surface area contributed by atoms with Crippen LogP contribution in [0, 0.1) is 11.8 Å². The van der Waals surface area contributed by atoms with Gasteiger partial charge in [-0.2, -0.15) is 0 Å². The van der Waals surface area contributed by atoms with E-state index in [9.17, 15) is 4.79 Å². The second-order valence-corrected chi connectivity index (χ2v) is 6.82. The summed E-state index contributed by atoms with van der Waals surface area (Å²) in [5.41, 5.74) is 0.768. The van der Waals surface area contributed by atoms with Gasteiger partial charge in [-0.05, 0) is 55.2 Å². The number of carbonyl (C=O) groups excluding carboxylic acids is 1. The van der Waals surface area contributed by atoms with E-state index in [1.165, 1.54) is 0 Å². The van der Waals surface area contributed by atoms with Crippen molar-refractivity contribution in [1.82, 2.24) is 10.2 Å². The zero-order valence-electron chi connectivity index (χ0n) is 14.2. The molecule has 1 aromatic carbocycles. The number of likely N-dealkylation sites (tertiary alicyclic amines) is 1. The Hall–Kier alpha value is -1.62. The number of Topliss-reactive ketones (excluding diaryl/α,β-unsaturated/α-hetero) is 1. The van der Waals surface area contributed by atoms with Gasteiger partial charge in [0.2, 0.25) is 0 Å². The molecule has 4 nitrogen and oxygen atoms in total. The molecule has 1 N–H and O–H groups in total. The highest BCUT2D eigenvalue weighted by Crippen LogP contribution is 2.23. The molecule has 2 rings (SSSR count). The van der Waals surface area contributed by atoms with E-state index in [2.05, 4.69) is 24.1 Å². The van der Waals surface area contributed by atoms with Crippen molar-refractivity contribution in [3.05, 3.63) is 29.8 Å². The summed E-state index contributed by atoms with van der Waals surface area (Å²) < 4.78 is 5.14. The first-order valence-corrected chi connectivity index (χ1v) is 8.63. The first kappa shape index (κ1) is 17.7. The van der Waals surface area contributed by atoms with Gasteiger partial charge in [-0.25, -0.2) is 0 Å². The van der Waals surface area contributed by atoms with Gasteiger partial charge >= 0.3 is 0 Å². The number of nitrogens with one attached hydrogen (secondary N) is 1. The molecule has 23 heavy (non-hydrogen) atoms. The minimum absolute atomic E-state index is 0.0903. The van der Waals surface area contributed by atoms with E-state index in [0.717, 1.165) is 48.9 Å². The van der Waals surface area contributed by atoms with Crippen molar-refractivity contribution in [2.45, 2.75) is 26.7 Å². The molecule has 0 saturated carbocycles. The van der Waals surface area contributed by atoms with Crippen molar-refractivity contribution in [2.75, 3.05) is 26.7 Å². The summed E-state index contributed by atoms with van der Waals surface area (Å²) in [7, 11) is 1.63. The van der Waals surface area contributed by atoms with Crippen molar-refractivity contribution in [3.63, 3.8) is 0 Å². The molecule has 0 amide bonds. The third-order valence-corrected chi connectivity index (χ3v) is 4.59. The van der Waals surface area contributed by atoms with Crippen LogP contribution in [0.15, 0.2) is 24.3 Å². The summed E-state index contributed by atoms with van der Waals surface area (Å²) in [6, 6.07) is 7.38. The summed E-state index contributed by atoms with van der Waals surface area (Å²) in [6.07, 6.45) is 1.71. The van der Waals surface area contributed by atoms with Crippen molar-refractivity contribution in [3.8, 4) is 5.75 Å². The number of hydrogen-bond acceptors (Lipinski definition) is 3. The molecular weight excluding hydrogens is 308 g/mol. The van der Waals surface area contributed by atoms with Crippen LogP contribution in [-0.2, 0) is 0 Å². The van der Waals surface area contributed by atoms with Crippen LogP contribution in [0.3, 0.4) is 0 Å². The smallest absolute Gasteiger partial charge is 0.168 e. The number of methoxy groups -OCH3 is 1. The zero-order valence-corrected chi connectivity index (χ0v) is 15.0. The maximum atomic E-state index is 12.6. The average molecular weight is 334 g/mol. The zero-order chi connectivity index (χ0) is 16.8. The van der Waals surface area contributed by atoms with E-state index >= 15 is 0 Å². The van der Waals surface area contributed by atoms with Gasteiger partial charge in [-0.3, -0.25) is 4.79 Å². The lowest BCUT2D eigenvalue weighted by Crippen LogP contribution is -2.46. The Morgan fingerprint density at radius 2 is 1.91 bits per heavy atom. The molecule has 0 bridgehead atoms. The molecule has 0 aromatic heterocycles. The third-order valence-electron chi connectivity index (χ3n) is 4.19. The van der Waals surface area contributed by atoms with E-state index in [-0.39, 0.29) is 11.7 Å². The second kappa shape index (κ2) is 8.29. The highest BCUT2D eigenvalue weighted by Gasteiger charge is 2.26. The predicted molar refractivity (Wildman–Crippen MR) is 97.1 cm³/mol. The van der Waals surface area contributed by atoms with Crippen molar-refractivity contribution >= 4 is 23.1 Å². The highest BCUT2D eigenvalue weighted by atomic mass is 32.1. The number of carbonyl (C=O) groups is 1. The molecule has 0 unspecified atom stereocenters. The van der Waals surface area contributed by atoms with Gasteiger partial charge in [-0.15, -0.1) is 0 Å². The van der Waals surface area contributed by atoms with E-state index in [1.807, 2.05) is 24.3 Å². The van der Waals surface area contributed by atoms with E-state index < -0.39 is 0 Å². The molecule has 5 heteroatoms. The predicted octanol–water partition coefficient (Wildman–Crippen LogP) is 3.12. The molecule has 126 valence electrons. The topological polar surface area (TPSA) is 41.6 Å². The first-order valence-electron chi connectivity index (χ1n) is 8.22. The monoisotopic (exact) mass is 334 g/mol. The molecular formula is C18H26N2O2S. The van der Waals surface area contributed by atoms with Gasteiger partial charge in [0.15, 0.2) is 10.9 Å². The SMILES string of the molecule is COc1ccc(C(=O)C2CCN(C(=S)NCC(C)C)CC2)cc1. The van der Waals surface area contributed by atoms with Crippen LogP contribution < -0.4 is 10.1 Å². The number of ether oxygens (including phenoxy) is 1. The summed E-state index contributed by atoms with van der Waals surface area (Å²) in [5.74, 6) is 1.67. The van der Waals surface area contributed by atoms with Crippen molar-refractivity contribution < 1.29 is 9.53 Å². The van der Waals surface area contributed by atoms with E-state index in [4.69, 9.17) is 17.0 Å². The number of nitrogens with zero attached hydrogens (tertiary/aromatic N) is 1. The van der Waals surface area contributed by atoms with Gasteiger partial charge in [0.05, 0.1) is 7.11 Å². The Bertz CT molecular complexity index is 534. The fourth-order valence-corrected chi connectivity index (χ4v) is 3.00. The summed E-state index contributed by atoms with van der Waals surface area (Å²) >= 11 is 5.43. The lowest BCUT2D eigenvalue weighted by molar-refractivity contribution is 0.0872. The number of benzene rings is 1. The van der Waals surface area contributed by atoms with Crippen LogP contribution in [-0.4, -0.2) is 42.5 Å². The Labute approximate surface area is 144 Å². The summed E-state index contributed by atoms with van der Waals surface area (Å²) in [4.78, 5) is 14.8. The molecule has 1 heterocycles. The summed E-state index contributed by atoms with van der Waals surface area (Å²) in [6.45, 7) is 6.90. The highest BCUT2D eigenvalue weighted by molar-refractivity contribution is 7.80. The fraction of sp³-hybridized carbons (Fsp3) is 0.556. The van der Waals surface area contributed by atoms with Crippen LogP contribution in [0.25, 0.3) is 0 Å². The Kier molecular flexibility index (Phi) is 6.39. The Balaban J connectivity index is 1.85. The second-order valence-electron chi connectivity index (χ2n) is 6.43. The lowest BCUT2D eigenvalue weighted by Gasteiger charge is -2.33. The molecule has 0 radical (unpaired) electrons. The molecule has 0 atom stereocenters. The molecule has 1 aliphatic heterocycles. The largest absolute Gasteiger partial charge is 0.497 e. The van der Waals surface area contributed by atoms with Gasteiger partial charge < -0.3 is 15.0 Å². The minimum Gasteiger partial charge on any atom is -0.497 e. The number of thiocarbonyl (C=S) groups is 1. The molecule has 1 saturated heterocycles. The number of piperidine rings is 1. The van der Waals surface area contributed by atoms with Crippen LogP contribution >= 0.6 is 12.2 Å². The molecule has 0 spiro atoms. The molecule has 1 fully saturated rings. The Morgan fingerprint density at radius 1 is 1.30 bits per heavy atom. The van der Waals surface area contributed by atoms with Gasteiger partial charge in [0, 0.05) is 31.1 Å². The molecule has 1 aromatic rings. The standard InChI is InChI=1S/C18H26N2O2S/c1-13(2)12-19-18(23)20-10-8-15(9-11-20)17(21)14-4-6-16(22-3)7-5-14/h4-7,13,15H,8-12H2,1-3H3,(H,19,23). The van der Waals surface area contributed by atoms with Gasteiger partial charge in [-0.1, -0.05) is 13.8 Å². The summed E-state index contributed by atoms with van der Waals surface area (Å²) in [5, 5.41) is 4.11. The minimum atomic E-state index is 0.0903. The van der Waals surface area contributed by atoms with Gasteiger partial charge in [0.25, 0.3) is 0 Å². The molecule has 0 aliphatic carbocycles. The Morgan fingerprint density at radius 3 is 2.43 bits per heavy atom. The van der Waals surface area contributed by atoms with Crippen LogP contribution in [0.1, 0.15) is 37.0 Å². The maximum absolute atomic E-state index is 12.6. The van der Waals surface area contributed by atoms with Crippen molar-refractivity contribution in [2.24, 2.45) is 11.8 Å². The lowest BCUT2D eigenvalue weighted by atomic mass is 9.89.